The van der Waals surface area contributed by atoms with E-state index in [0.29, 0.717) is 30.9 Å². The van der Waals surface area contributed by atoms with Gasteiger partial charge in [0.1, 0.15) is 12.4 Å². The second-order valence-electron chi connectivity index (χ2n) is 6.56. The first-order valence-electron chi connectivity index (χ1n) is 7.68. The highest BCUT2D eigenvalue weighted by Crippen LogP contribution is 2.15. The molecule has 22 heavy (non-hydrogen) atoms. The maximum absolute atomic E-state index is 12.1. The Morgan fingerprint density at radius 2 is 2.14 bits per heavy atom. The molecule has 1 saturated heterocycles. The van der Waals surface area contributed by atoms with Crippen molar-refractivity contribution in [3.8, 4) is 5.75 Å². The van der Waals surface area contributed by atoms with Crippen LogP contribution in [0.15, 0.2) is 24.3 Å². The maximum atomic E-state index is 12.1. The molecule has 1 aromatic rings. The van der Waals surface area contributed by atoms with Gasteiger partial charge in [0.25, 0.3) is 5.91 Å². The number of nitrogens with zero attached hydrogens (tertiary/aromatic N) is 1. The van der Waals surface area contributed by atoms with Crippen LogP contribution in [-0.4, -0.2) is 41.9 Å². The van der Waals surface area contributed by atoms with Crippen molar-refractivity contribution in [2.24, 2.45) is 0 Å². The molecular weight excluding hydrogens is 280 g/mol. The van der Waals surface area contributed by atoms with E-state index < -0.39 is 0 Å². The second-order valence-corrected chi connectivity index (χ2v) is 6.56. The van der Waals surface area contributed by atoms with Crippen LogP contribution in [0.2, 0.25) is 0 Å². The van der Waals surface area contributed by atoms with Crippen LogP contribution >= 0.6 is 0 Å². The topological polar surface area (TPSA) is 58.6 Å². The van der Waals surface area contributed by atoms with Crippen LogP contribution in [0.5, 0.6) is 5.75 Å². The van der Waals surface area contributed by atoms with Gasteiger partial charge in [-0.2, -0.15) is 0 Å². The van der Waals surface area contributed by atoms with Crippen molar-refractivity contribution in [1.29, 1.82) is 0 Å². The summed E-state index contributed by atoms with van der Waals surface area (Å²) in [7, 11) is 0. The van der Waals surface area contributed by atoms with Crippen LogP contribution in [0.3, 0.4) is 0 Å². The Bertz CT molecular complexity index is 549. The SMILES string of the molecule is CC(C)(C)NC(=O)c1cccc(OCCN2CCCC2=O)c1. The van der Waals surface area contributed by atoms with Gasteiger partial charge in [-0.15, -0.1) is 0 Å². The minimum absolute atomic E-state index is 0.118. The van der Waals surface area contributed by atoms with Gasteiger partial charge in [-0.3, -0.25) is 9.59 Å². The summed E-state index contributed by atoms with van der Waals surface area (Å²) in [6.07, 6.45) is 1.57. The molecular formula is C17H24N2O3. The third-order valence-corrected chi connectivity index (χ3v) is 3.39. The quantitative estimate of drug-likeness (QED) is 0.907. The molecule has 0 atom stereocenters. The van der Waals surface area contributed by atoms with Crippen molar-refractivity contribution in [3.63, 3.8) is 0 Å². The number of benzene rings is 1. The number of amides is 2. The van der Waals surface area contributed by atoms with Crippen LogP contribution in [0.25, 0.3) is 0 Å². The highest BCUT2D eigenvalue weighted by molar-refractivity contribution is 5.95. The van der Waals surface area contributed by atoms with Gasteiger partial charge in [0.15, 0.2) is 0 Å². The number of rotatable bonds is 5. The van der Waals surface area contributed by atoms with Crippen LogP contribution in [0.4, 0.5) is 0 Å². The number of nitrogens with one attached hydrogen (secondary N) is 1. The van der Waals surface area contributed by atoms with E-state index in [2.05, 4.69) is 5.32 Å². The van der Waals surface area contributed by atoms with E-state index in [-0.39, 0.29) is 17.4 Å². The first kappa shape index (κ1) is 16.3. The summed E-state index contributed by atoms with van der Waals surface area (Å²) in [6.45, 7) is 7.68. The third kappa shape index (κ3) is 4.76. The lowest BCUT2D eigenvalue weighted by Gasteiger charge is -2.20. The van der Waals surface area contributed by atoms with E-state index in [0.717, 1.165) is 13.0 Å². The van der Waals surface area contributed by atoms with Gasteiger partial charge >= 0.3 is 0 Å². The predicted octanol–water partition coefficient (Wildman–Crippen LogP) is 2.22. The molecule has 1 aliphatic heterocycles. The van der Waals surface area contributed by atoms with Crippen molar-refractivity contribution in [1.82, 2.24) is 10.2 Å². The van der Waals surface area contributed by atoms with Gasteiger partial charge in [-0.1, -0.05) is 6.07 Å². The van der Waals surface area contributed by atoms with Gasteiger partial charge in [0.05, 0.1) is 6.54 Å². The number of carbonyl (C=O) groups excluding carboxylic acids is 2. The first-order chi connectivity index (χ1) is 10.3. The first-order valence-corrected chi connectivity index (χ1v) is 7.68. The molecule has 1 fully saturated rings. The monoisotopic (exact) mass is 304 g/mol. The Labute approximate surface area is 131 Å². The predicted molar refractivity (Wildman–Crippen MR) is 85.0 cm³/mol. The summed E-state index contributed by atoms with van der Waals surface area (Å²) in [5, 5.41) is 2.92. The van der Waals surface area contributed by atoms with Gasteiger partial charge in [-0.05, 0) is 45.4 Å². The van der Waals surface area contributed by atoms with E-state index in [1.165, 1.54) is 0 Å². The number of hydrogen-bond donors (Lipinski definition) is 1. The lowest BCUT2D eigenvalue weighted by molar-refractivity contribution is -0.128. The fourth-order valence-electron chi connectivity index (χ4n) is 2.35. The van der Waals surface area contributed by atoms with E-state index in [4.69, 9.17) is 4.74 Å². The van der Waals surface area contributed by atoms with Crippen molar-refractivity contribution in [3.05, 3.63) is 29.8 Å². The maximum Gasteiger partial charge on any atom is 0.251 e. The largest absolute Gasteiger partial charge is 0.492 e. The van der Waals surface area contributed by atoms with E-state index in [1.807, 2.05) is 31.7 Å². The normalized spacial score (nSPS) is 15.0. The standard InChI is InChI=1S/C17H24N2O3/c1-17(2,3)18-16(21)13-6-4-7-14(12-13)22-11-10-19-9-5-8-15(19)20/h4,6-7,12H,5,8-11H2,1-3H3,(H,18,21). The van der Waals surface area contributed by atoms with Crippen LogP contribution < -0.4 is 10.1 Å². The molecule has 5 nitrogen and oxygen atoms in total. The third-order valence-electron chi connectivity index (χ3n) is 3.39. The summed E-state index contributed by atoms with van der Waals surface area (Å²) >= 11 is 0. The number of ether oxygens (including phenoxy) is 1. The number of carbonyl (C=O) groups is 2. The highest BCUT2D eigenvalue weighted by atomic mass is 16.5. The van der Waals surface area contributed by atoms with Crippen LogP contribution in [0.1, 0.15) is 44.0 Å². The molecule has 0 radical (unpaired) electrons. The molecule has 1 N–H and O–H groups in total. The lowest BCUT2D eigenvalue weighted by atomic mass is 10.1. The minimum Gasteiger partial charge on any atom is -0.492 e. The number of likely N-dealkylation sites (tertiary alicyclic amines) is 1. The smallest absolute Gasteiger partial charge is 0.251 e. The molecule has 1 aromatic carbocycles. The zero-order chi connectivity index (χ0) is 16.2. The molecule has 0 spiro atoms. The molecule has 0 aromatic heterocycles. The Balaban J connectivity index is 1.88. The van der Waals surface area contributed by atoms with Crippen molar-refractivity contribution in [2.45, 2.75) is 39.2 Å². The van der Waals surface area contributed by atoms with Crippen LogP contribution in [-0.2, 0) is 4.79 Å². The average Bonchev–Trinajstić information content (AvgIpc) is 2.83. The Morgan fingerprint density at radius 1 is 1.36 bits per heavy atom. The van der Waals surface area contributed by atoms with Gasteiger partial charge in [-0.25, -0.2) is 0 Å². The molecule has 0 aliphatic carbocycles. The van der Waals surface area contributed by atoms with E-state index >= 15 is 0 Å². The molecule has 0 unspecified atom stereocenters. The van der Waals surface area contributed by atoms with Gasteiger partial charge in [0, 0.05) is 24.1 Å². The minimum atomic E-state index is -0.274. The highest BCUT2D eigenvalue weighted by Gasteiger charge is 2.19. The van der Waals surface area contributed by atoms with Crippen molar-refractivity contribution < 1.29 is 14.3 Å². The molecule has 120 valence electrons. The zero-order valence-electron chi connectivity index (χ0n) is 13.5. The van der Waals surface area contributed by atoms with Crippen molar-refractivity contribution in [2.75, 3.05) is 19.7 Å². The fraction of sp³-hybridized carbons (Fsp3) is 0.529. The summed E-state index contributed by atoms with van der Waals surface area (Å²) < 4.78 is 5.66. The zero-order valence-corrected chi connectivity index (χ0v) is 13.5. The Morgan fingerprint density at radius 3 is 2.77 bits per heavy atom. The van der Waals surface area contributed by atoms with E-state index in [1.54, 1.807) is 18.2 Å². The second kappa shape index (κ2) is 6.81. The molecule has 5 heteroatoms. The summed E-state index contributed by atoms with van der Waals surface area (Å²) in [4.78, 5) is 25.4. The lowest BCUT2D eigenvalue weighted by Crippen LogP contribution is -2.40. The molecule has 2 rings (SSSR count). The average molecular weight is 304 g/mol. The van der Waals surface area contributed by atoms with Crippen molar-refractivity contribution >= 4 is 11.8 Å². The number of hydrogen-bond acceptors (Lipinski definition) is 3. The summed E-state index contributed by atoms with van der Waals surface area (Å²) in [5.41, 5.74) is 0.300. The van der Waals surface area contributed by atoms with Gasteiger partial charge in [0.2, 0.25) is 5.91 Å². The molecule has 0 saturated carbocycles. The van der Waals surface area contributed by atoms with Gasteiger partial charge < -0.3 is 15.0 Å². The summed E-state index contributed by atoms with van der Waals surface area (Å²) in [5.74, 6) is 0.725. The Hall–Kier alpha value is -2.04. The molecule has 0 bridgehead atoms. The molecule has 2 amide bonds. The molecule has 1 aliphatic rings. The van der Waals surface area contributed by atoms with Crippen LogP contribution in [0, 0.1) is 0 Å². The molecule has 1 heterocycles. The fourth-order valence-corrected chi connectivity index (χ4v) is 2.35. The Kier molecular flexibility index (Phi) is 5.06. The van der Waals surface area contributed by atoms with E-state index in [9.17, 15) is 9.59 Å². The summed E-state index contributed by atoms with van der Waals surface area (Å²) in [6, 6.07) is 7.11.